The summed E-state index contributed by atoms with van der Waals surface area (Å²) in [5.41, 5.74) is 0.123. The summed E-state index contributed by atoms with van der Waals surface area (Å²) in [7, 11) is -4.03. The van der Waals surface area contributed by atoms with Crippen LogP contribution in [0.25, 0.3) is 0 Å². The molecule has 0 saturated heterocycles. The van der Waals surface area contributed by atoms with Gasteiger partial charge in [0.15, 0.2) is 5.03 Å². The highest BCUT2D eigenvalue weighted by Gasteiger charge is 2.42. The lowest BCUT2D eigenvalue weighted by Crippen LogP contribution is -2.30. The maximum absolute atomic E-state index is 13.8. The van der Waals surface area contributed by atoms with Gasteiger partial charge in [-0.1, -0.05) is 22.0 Å². The van der Waals surface area contributed by atoms with Crippen LogP contribution in [0.1, 0.15) is 15.9 Å². The van der Waals surface area contributed by atoms with Crippen molar-refractivity contribution in [3.8, 4) is 0 Å². The van der Waals surface area contributed by atoms with E-state index in [0.29, 0.717) is 8.78 Å². The van der Waals surface area contributed by atoms with Crippen molar-refractivity contribution in [2.45, 2.75) is 11.6 Å². The van der Waals surface area contributed by atoms with Crippen LogP contribution in [-0.4, -0.2) is 23.6 Å². The summed E-state index contributed by atoms with van der Waals surface area (Å²) < 4.78 is 39.6. The molecule has 1 aliphatic rings. The largest absolute Gasteiger partial charge is 0.285 e. The van der Waals surface area contributed by atoms with Crippen LogP contribution in [0.5, 0.6) is 0 Å². The Morgan fingerprint density at radius 3 is 2.71 bits per heavy atom. The van der Waals surface area contributed by atoms with Crippen molar-refractivity contribution in [2.75, 3.05) is 0 Å². The van der Waals surface area contributed by atoms with E-state index in [0.717, 1.165) is 0 Å². The average molecular weight is 371 g/mol. The number of benzene rings is 1. The minimum Gasteiger partial charge on any atom is -0.268 e. The molecule has 1 aromatic carbocycles. The number of halogens is 2. The van der Waals surface area contributed by atoms with Gasteiger partial charge in [0, 0.05) is 16.2 Å². The first-order valence-corrected chi connectivity index (χ1v) is 8.10. The molecule has 21 heavy (non-hydrogen) atoms. The first kappa shape index (κ1) is 14.2. The summed E-state index contributed by atoms with van der Waals surface area (Å²) in [6, 6.07) is 7.10. The lowest BCUT2D eigenvalue weighted by atomic mass is 10.2. The molecule has 0 radical (unpaired) electrons. The van der Waals surface area contributed by atoms with Crippen molar-refractivity contribution in [3.05, 3.63) is 57.9 Å². The SMILES string of the molecule is O=C1c2cccnc2S(=O)(=O)N1Cc1ccc(Br)cc1F. The van der Waals surface area contributed by atoms with E-state index in [9.17, 15) is 17.6 Å². The van der Waals surface area contributed by atoms with Gasteiger partial charge < -0.3 is 0 Å². The third-order valence-electron chi connectivity index (χ3n) is 3.09. The number of carbonyl (C=O) groups is 1. The van der Waals surface area contributed by atoms with E-state index < -0.39 is 21.7 Å². The molecule has 0 fully saturated rings. The molecule has 1 aliphatic heterocycles. The molecule has 8 heteroatoms. The first-order chi connectivity index (χ1) is 9.91. The second-order valence-corrected chi connectivity index (χ2v) is 7.10. The zero-order valence-corrected chi connectivity index (χ0v) is 12.9. The number of aromatic nitrogens is 1. The van der Waals surface area contributed by atoms with Crippen LogP contribution in [0.15, 0.2) is 46.0 Å². The molecule has 108 valence electrons. The van der Waals surface area contributed by atoms with Crippen molar-refractivity contribution >= 4 is 31.9 Å². The summed E-state index contributed by atoms with van der Waals surface area (Å²) in [6.45, 7) is -0.364. The molecule has 1 aromatic heterocycles. The Bertz CT molecular complexity index is 854. The molecule has 0 N–H and O–H groups in total. The topological polar surface area (TPSA) is 67.3 Å². The normalized spacial score (nSPS) is 16.1. The number of pyridine rings is 1. The van der Waals surface area contributed by atoms with Gasteiger partial charge in [0.2, 0.25) is 0 Å². The fourth-order valence-corrected chi connectivity index (χ4v) is 3.86. The minimum atomic E-state index is -4.03. The van der Waals surface area contributed by atoms with Crippen molar-refractivity contribution in [1.82, 2.24) is 9.29 Å². The van der Waals surface area contributed by atoms with Gasteiger partial charge >= 0.3 is 0 Å². The Hall–Kier alpha value is -1.80. The van der Waals surface area contributed by atoms with Crippen LogP contribution in [0.3, 0.4) is 0 Å². The molecule has 0 bridgehead atoms. The second-order valence-electron chi connectivity index (χ2n) is 4.41. The molecular weight excluding hydrogens is 363 g/mol. The Morgan fingerprint density at radius 1 is 1.29 bits per heavy atom. The quantitative estimate of drug-likeness (QED) is 0.813. The van der Waals surface area contributed by atoms with Crippen molar-refractivity contribution in [3.63, 3.8) is 0 Å². The molecule has 0 saturated carbocycles. The lowest BCUT2D eigenvalue weighted by molar-refractivity contribution is 0.0864. The van der Waals surface area contributed by atoms with Crippen molar-refractivity contribution in [2.24, 2.45) is 0 Å². The maximum Gasteiger partial charge on any atom is 0.285 e. The third kappa shape index (κ3) is 2.24. The number of fused-ring (bicyclic) bond motifs is 1. The first-order valence-electron chi connectivity index (χ1n) is 5.87. The summed E-state index contributed by atoms with van der Waals surface area (Å²) in [6.07, 6.45) is 1.30. The van der Waals surface area contributed by atoms with Gasteiger partial charge in [0.1, 0.15) is 5.82 Å². The van der Waals surface area contributed by atoms with Gasteiger partial charge in [-0.3, -0.25) is 4.79 Å². The van der Waals surface area contributed by atoms with E-state index in [1.54, 1.807) is 6.07 Å². The molecule has 5 nitrogen and oxygen atoms in total. The Morgan fingerprint density at radius 2 is 2.05 bits per heavy atom. The van der Waals surface area contributed by atoms with E-state index in [-0.39, 0.29) is 22.7 Å². The summed E-state index contributed by atoms with van der Waals surface area (Å²) >= 11 is 3.12. The predicted molar refractivity (Wildman–Crippen MR) is 75.4 cm³/mol. The highest BCUT2D eigenvalue weighted by atomic mass is 79.9. The molecule has 2 heterocycles. The van der Waals surface area contributed by atoms with E-state index in [2.05, 4.69) is 20.9 Å². The van der Waals surface area contributed by atoms with Crippen LogP contribution < -0.4 is 0 Å². The fraction of sp³-hybridized carbons (Fsp3) is 0.0769. The number of carbonyl (C=O) groups excluding carboxylic acids is 1. The minimum absolute atomic E-state index is 0.00928. The lowest BCUT2D eigenvalue weighted by Gasteiger charge is -2.15. The smallest absolute Gasteiger partial charge is 0.268 e. The van der Waals surface area contributed by atoms with Crippen molar-refractivity contribution in [1.29, 1.82) is 0 Å². The number of hydrogen-bond donors (Lipinski definition) is 0. The Kier molecular flexibility index (Phi) is 3.29. The number of amides is 1. The molecule has 0 spiro atoms. The molecule has 2 aromatic rings. The van der Waals surface area contributed by atoms with Crippen LogP contribution in [0.2, 0.25) is 0 Å². The van der Waals surface area contributed by atoms with E-state index in [1.165, 1.54) is 30.5 Å². The third-order valence-corrected chi connectivity index (χ3v) is 5.27. The van der Waals surface area contributed by atoms with Gasteiger partial charge in [0.25, 0.3) is 15.9 Å². The number of rotatable bonds is 2. The van der Waals surface area contributed by atoms with Crippen LogP contribution in [0.4, 0.5) is 4.39 Å². The highest BCUT2D eigenvalue weighted by molar-refractivity contribution is 9.10. The Balaban J connectivity index is 2.03. The molecule has 0 unspecified atom stereocenters. The molecule has 3 rings (SSSR count). The van der Waals surface area contributed by atoms with Gasteiger partial charge in [-0.05, 0) is 24.3 Å². The standard InChI is InChI=1S/C13H8BrFN2O3S/c14-9-4-3-8(11(15)6-9)7-17-13(18)10-2-1-5-16-12(10)21(17,19)20/h1-6H,7H2. The van der Waals surface area contributed by atoms with E-state index in [1.807, 2.05) is 0 Å². The van der Waals surface area contributed by atoms with E-state index in [4.69, 9.17) is 0 Å². The molecular formula is C13H8BrFN2O3S. The number of hydrogen-bond acceptors (Lipinski definition) is 4. The maximum atomic E-state index is 13.8. The predicted octanol–water partition coefficient (Wildman–Crippen LogP) is 2.33. The number of nitrogens with zero attached hydrogens (tertiary/aromatic N) is 2. The highest BCUT2D eigenvalue weighted by Crippen LogP contribution is 2.30. The zero-order chi connectivity index (χ0) is 15.2. The monoisotopic (exact) mass is 370 g/mol. The van der Waals surface area contributed by atoms with Crippen LogP contribution in [-0.2, 0) is 16.6 Å². The summed E-state index contributed by atoms with van der Waals surface area (Å²) in [5, 5.41) is -0.285. The van der Waals surface area contributed by atoms with Crippen LogP contribution in [0, 0.1) is 5.82 Å². The Labute approximate surface area is 128 Å². The van der Waals surface area contributed by atoms with Gasteiger partial charge in [-0.2, -0.15) is 8.42 Å². The molecule has 0 atom stereocenters. The molecule has 1 amide bonds. The van der Waals surface area contributed by atoms with Gasteiger partial charge in [-0.25, -0.2) is 13.7 Å². The fourth-order valence-electron chi connectivity index (χ4n) is 2.07. The summed E-state index contributed by atoms with van der Waals surface area (Å²) in [4.78, 5) is 15.9. The molecule has 0 aliphatic carbocycles. The van der Waals surface area contributed by atoms with E-state index >= 15 is 0 Å². The van der Waals surface area contributed by atoms with Gasteiger partial charge in [0.05, 0.1) is 12.1 Å². The number of sulfonamides is 1. The second kappa shape index (κ2) is 4.88. The summed E-state index contributed by atoms with van der Waals surface area (Å²) in [5.74, 6) is -1.28. The zero-order valence-electron chi connectivity index (χ0n) is 10.5. The van der Waals surface area contributed by atoms with Crippen LogP contribution >= 0.6 is 15.9 Å². The van der Waals surface area contributed by atoms with Gasteiger partial charge in [-0.15, -0.1) is 0 Å². The average Bonchev–Trinajstić information content (AvgIpc) is 2.63. The van der Waals surface area contributed by atoms with Crippen molar-refractivity contribution < 1.29 is 17.6 Å².